The van der Waals surface area contributed by atoms with E-state index in [1.165, 1.54) is 0 Å². The standard InChI is InChI=1S/C18H21N3O3/c1-21-10-12(9-19-21)17-15(6-4-8-23-17)20-18(22)14-11-24-16-7-3-2-5-13(14)16/h2-3,5,7,9-10,14-15,17H,4,6,8,11H2,1H3,(H,20,22)/t14-,15+,17-/m1/s1. The van der Waals surface area contributed by atoms with Crippen molar-refractivity contribution in [3.8, 4) is 5.75 Å². The summed E-state index contributed by atoms with van der Waals surface area (Å²) in [4.78, 5) is 12.8. The lowest BCUT2D eigenvalue weighted by atomic mass is 9.95. The zero-order chi connectivity index (χ0) is 16.5. The lowest BCUT2D eigenvalue weighted by Gasteiger charge is -2.32. The third-order valence-corrected chi connectivity index (χ3v) is 4.72. The number of rotatable bonds is 3. The lowest BCUT2D eigenvalue weighted by Crippen LogP contribution is -2.44. The summed E-state index contributed by atoms with van der Waals surface area (Å²) < 4.78 is 13.3. The van der Waals surface area contributed by atoms with Crippen molar-refractivity contribution in [2.75, 3.05) is 13.2 Å². The maximum atomic E-state index is 12.8. The molecule has 2 aliphatic rings. The Balaban J connectivity index is 1.50. The molecule has 1 amide bonds. The monoisotopic (exact) mass is 327 g/mol. The molecule has 3 heterocycles. The lowest BCUT2D eigenvalue weighted by molar-refractivity contribution is -0.125. The second-order valence-electron chi connectivity index (χ2n) is 6.40. The predicted molar refractivity (Wildman–Crippen MR) is 87.7 cm³/mol. The first-order valence-corrected chi connectivity index (χ1v) is 8.34. The number of nitrogens with one attached hydrogen (secondary N) is 1. The fourth-order valence-electron chi connectivity index (χ4n) is 3.51. The van der Waals surface area contributed by atoms with Gasteiger partial charge in [0.1, 0.15) is 24.4 Å². The van der Waals surface area contributed by atoms with Gasteiger partial charge in [0.2, 0.25) is 5.91 Å². The summed E-state index contributed by atoms with van der Waals surface area (Å²) in [6, 6.07) is 7.69. The molecular formula is C18H21N3O3. The zero-order valence-corrected chi connectivity index (χ0v) is 13.6. The smallest absolute Gasteiger partial charge is 0.231 e. The van der Waals surface area contributed by atoms with Crippen molar-refractivity contribution in [2.24, 2.45) is 7.05 Å². The number of hydrogen-bond donors (Lipinski definition) is 1. The van der Waals surface area contributed by atoms with Gasteiger partial charge in [0.25, 0.3) is 0 Å². The molecule has 0 aliphatic carbocycles. The van der Waals surface area contributed by atoms with Gasteiger partial charge in [0, 0.05) is 31.0 Å². The summed E-state index contributed by atoms with van der Waals surface area (Å²) in [5, 5.41) is 7.40. The van der Waals surface area contributed by atoms with Gasteiger partial charge in [-0.25, -0.2) is 0 Å². The van der Waals surface area contributed by atoms with E-state index in [1.807, 2.05) is 43.7 Å². The van der Waals surface area contributed by atoms with Gasteiger partial charge >= 0.3 is 0 Å². The first kappa shape index (κ1) is 15.2. The number of carbonyl (C=O) groups is 1. The Hall–Kier alpha value is -2.34. The summed E-state index contributed by atoms with van der Waals surface area (Å²) in [6.45, 7) is 1.11. The number of aromatic nitrogens is 2. The van der Waals surface area contributed by atoms with Crippen LogP contribution in [-0.4, -0.2) is 34.9 Å². The highest BCUT2D eigenvalue weighted by molar-refractivity contribution is 5.85. The van der Waals surface area contributed by atoms with Crippen LogP contribution >= 0.6 is 0 Å². The molecule has 1 aromatic carbocycles. The molecular weight excluding hydrogens is 306 g/mol. The molecule has 3 atom stereocenters. The molecule has 1 fully saturated rings. The number of para-hydroxylation sites is 1. The Kier molecular flexibility index (Phi) is 3.98. The van der Waals surface area contributed by atoms with Crippen LogP contribution in [0.5, 0.6) is 5.75 Å². The van der Waals surface area contributed by atoms with Gasteiger partial charge in [-0.1, -0.05) is 18.2 Å². The first-order chi connectivity index (χ1) is 11.7. The Bertz CT molecular complexity index is 743. The average Bonchev–Trinajstić information content (AvgIpc) is 3.21. The van der Waals surface area contributed by atoms with Gasteiger partial charge in [0.15, 0.2) is 0 Å². The van der Waals surface area contributed by atoms with Gasteiger partial charge in [-0.3, -0.25) is 9.48 Å². The second kappa shape index (κ2) is 6.28. The van der Waals surface area contributed by atoms with Crippen LogP contribution < -0.4 is 10.1 Å². The minimum Gasteiger partial charge on any atom is -0.492 e. The summed E-state index contributed by atoms with van der Waals surface area (Å²) in [5.74, 6) is 0.559. The molecule has 0 unspecified atom stereocenters. The van der Waals surface area contributed by atoms with Crippen LogP contribution in [0.2, 0.25) is 0 Å². The van der Waals surface area contributed by atoms with Crippen molar-refractivity contribution in [3.63, 3.8) is 0 Å². The Morgan fingerprint density at radius 2 is 2.25 bits per heavy atom. The van der Waals surface area contributed by atoms with Crippen molar-refractivity contribution < 1.29 is 14.3 Å². The molecule has 1 N–H and O–H groups in total. The summed E-state index contributed by atoms with van der Waals surface area (Å²) >= 11 is 0. The van der Waals surface area contributed by atoms with Crippen molar-refractivity contribution in [1.82, 2.24) is 15.1 Å². The number of hydrogen-bond acceptors (Lipinski definition) is 4. The van der Waals surface area contributed by atoms with E-state index in [1.54, 1.807) is 4.68 Å². The Morgan fingerprint density at radius 1 is 1.38 bits per heavy atom. The molecule has 6 heteroatoms. The molecule has 0 bridgehead atoms. The number of carbonyl (C=O) groups excluding carboxylic acids is 1. The third kappa shape index (κ3) is 2.78. The molecule has 2 aromatic rings. The molecule has 1 aromatic heterocycles. The normalized spacial score (nSPS) is 25.8. The molecule has 6 nitrogen and oxygen atoms in total. The molecule has 24 heavy (non-hydrogen) atoms. The molecule has 0 radical (unpaired) electrons. The number of nitrogens with zero attached hydrogens (tertiary/aromatic N) is 2. The van der Waals surface area contributed by atoms with Crippen LogP contribution in [0.4, 0.5) is 0 Å². The van der Waals surface area contributed by atoms with Crippen LogP contribution in [-0.2, 0) is 16.6 Å². The highest BCUT2D eigenvalue weighted by Gasteiger charge is 2.35. The average molecular weight is 327 g/mol. The minimum absolute atomic E-state index is 0.00402. The van der Waals surface area contributed by atoms with Crippen molar-refractivity contribution in [2.45, 2.75) is 30.9 Å². The quantitative estimate of drug-likeness (QED) is 0.935. The molecule has 0 spiro atoms. The number of fused-ring (bicyclic) bond motifs is 1. The van der Waals surface area contributed by atoms with Gasteiger partial charge < -0.3 is 14.8 Å². The predicted octanol–water partition coefficient (Wildman–Crippen LogP) is 1.93. The molecule has 4 rings (SSSR count). The summed E-state index contributed by atoms with van der Waals surface area (Å²) in [6.07, 6.45) is 5.46. The summed E-state index contributed by atoms with van der Waals surface area (Å²) in [5.41, 5.74) is 1.97. The van der Waals surface area contributed by atoms with E-state index < -0.39 is 0 Å². The third-order valence-electron chi connectivity index (χ3n) is 4.72. The Morgan fingerprint density at radius 3 is 3.08 bits per heavy atom. The largest absolute Gasteiger partial charge is 0.492 e. The maximum absolute atomic E-state index is 12.8. The van der Waals surface area contributed by atoms with E-state index in [4.69, 9.17) is 9.47 Å². The second-order valence-corrected chi connectivity index (χ2v) is 6.40. The number of benzene rings is 1. The Labute approximate surface area is 140 Å². The van der Waals surface area contributed by atoms with Gasteiger partial charge in [-0.15, -0.1) is 0 Å². The number of amides is 1. The van der Waals surface area contributed by atoms with Crippen LogP contribution in [0.3, 0.4) is 0 Å². The van der Waals surface area contributed by atoms with Gasteiger partial charge in [-0.2, -0.15) is 5.10 Å². The van der Waals surface area contributed by atoms with E-state index in [2.05, 4.69) is 10.4 Å². The van der Waals surface area contributed by atoms with E-state index in [0.717, 1.165) is 29.7 Å². The number of ether oxygens (including phenoxy) is 2. The molecule has 126 valence electrons. The van der Waals surface area contributed by atoms with Crippen LogP contribution in [0.1, 0.15) is 36.0 Å². The zero-order valence-electron chi connectivity index (χ0n) is 13.6. The van der Waals surface area contributed by atoms with Gasteiger partial charge in [0.05, 0.1) is 12.2 Å². The van der Waals surface area contributed by atoms with Gasteiger partial charge in [-0.05, 0) is 18.9 Å². The van der Waals surface area contributed by atoms with Crippen LogP contribution in [0.25, 0.3) is 0 Å². The van der Waals surface area contributed by atoms with E-state index in [0.29, 0.717) is 13.2 Å². The fraction of sp³-hybridized carbons (Fsp3) is 0.444. The maximum Gasteiger partial charge on any atom is 0.231 e. The fourth-order valence-corrected chi connectivity index (χ4v) is 3.51. The minimum atomic E-state index is -0.252. The first-order valence-electron chi connectivity index (χ1n) is 8.34. The number of aryl methyl sites for hydroxylation is 1. The van der Waals surface area contributed by atoms with Crippen LogP contribution in [0.15, 0.2) is 36.7 Å². The topological polar surface area (TPSA) is 65.4 Å². The van der Waals surface area contributed by atoms with Crippen molar-refractivity contribution in [1.29, 1.82) is 0 Å². The van der Waals surface area contributed by atoms with Crippen molar-refractivity contribution in [3.05, 3.63) is 47.8 Å². The van der Waals surface area contributed by atoms with E-state index in [9.17, 15) is 4.79 Å². The molecule has 2 aliphatic heterocycles. The van der Waals surface area contributed by atoms with Crippen molar-refractivity contribution >= 4 is 5.91 Å². The van der Waals surface area contributed by atoms with E-state index >= 15 is 0 Å². The molecule has 0 saturated carbocycles. The molecule has 1 saturated heterocycles. The van der Waals surface area contributed by atoms with Crippen LogP contribution in [0, 0.1) is 0 Å². The SMILES string of the molecule is Cn1cc([C@H]2OCCC[C@@H]2NC(=O)[C@@H]2COc3ccccc32)cn1. The highest BCUT2D eigenvalue weighted by atomic mass is 16.5. The van der Waals surface area contributed by atoms with E-state index in [-0.39, 0.29) is 24.0 Å². The highest BCUT2D eigenvalue weighted by Crippen LogP contribution is 2.34. The summed E-state index contributed by atoms with van der Waals surface area (Å²) in [7, 11) is 1.88.